The van der Waals surface area contributed by atoms with Gasteiger partial charge in [-0.25, -0.2) is 20.8 Å². The maximum Gasteiger partial charge on any atom is 0.277 e. The number of aromatic nitrogens is 1. The van der Waals surface area contributed by atoms with Crippen LogP contribution in [-0.2, 0) is 19.1 Å². The van der Waals surface area contributed by atoms with E-state index in [9.17, 15) is 16.8 Å². The molecule has 0 spiro atoms. The molecule has 0 aliphatic heterocycles. The molecule has 0 bridgehead atoms. The van der Waals surface area contributed by atoms with Crippen molar-refractivity contribution in [1.29, 1.82) is 0 Å². The van der Waals surface area contributed by atoms with Crippen molar-refractivity contribution in [1.82, 2.24) is 3.97 Å². The second kappa shape index (κ2) is 5.80. The van der Waals surface area contributed by atoms with Gasteiger partial charge in [0.1, 0.15) is 5.75 Å². The van der Waals surface area contributed by atoms with Gasteiger partial charge in [-0.1, -0.05) is 18.2 Å². The van der Waals surface area contributed by atoms with Gasteiger partial charge in [0.2, 0.25) is 0 Å². The fourth-order valence-corrected chi connectivity index (χ4v) is 5.41. The molecular weight excluding hydrogens is 374 g/mol. The van der Waals surface area contributed by atoms with E-state index < -0.39 is 24.1 Å². The molecule has 0 N–H and O–H groups in total. The lowest BCUT2D eigenvalue weighted by Crippen LogP contribution is -2.16. The van der Waals surface area contributed by atoms with Crippen LogP contribution in [-0.4, -0.2) is 27.9 Å². The number of hydrogen-bond acceptors (Lipinski definition) is 5. The summed E-state index contributed by atoms with van der Waals surface area (Å²) < 4.78 is 55.6. The lowest BCUT2D eigenvalue weighted by atomic mass is 10.2. The number of ether oxygens (including phenoxy) is 1. The molecule has 126 valence electrons. The van der Waals surface area contributed by atoms with Crippen LogP contribution in [0.2, 0.25) is 0 Å². The van der Waals surface area contributed by atoms with Crippen molar-refractivity contribution in [3.63, 3.8) is 0 Å². The second-order valence-corrected chi connectivity index (χ2v) is 9.23. The van der Waals surface area contributed by atoms with Gasteiger partial charge in [-0.05, 0) is 30.3 Å². The molecule has 0 radical (unpaired) electrons. The molecule has 0 atom stereocenters. The highest BCUT2D eigenvalue weighted by molar-refractivity contribution is 8.14. The van der Waals surface area contributed by atoms with E-state index in [1.807, 2.05) is 0 Å². The Morgan fingerprint density at radius 3 is 2.21 bits per heavy atom. The number of halogens is 1. The number of methoxy groups -OCH3 is 1. The monoisotopic (exact) mass is 385 g/mol. The van der Waals surface area contributed by atoms with E-state index in [0.29, 0.717) is 11.1 Å². The SMILES string of the molecule is COc1ccc2cc(S(=O)(=O)Cl)n(S(=O)(=O)c3ccccc3)c2c1. The zero-order valence-corrected chi connectivity index (χ0v) is 14.8. The summed E-state index contributed by atoms with van der Waals surface area (Å²) in [5.74, 6) is 0.392. The zero-order valence-electron chi connectivity index (χ0n) is 12.4. The maximum absolute atomic E-state index is 13.0. The second-order valence-electron chi connectivity index (χ2n) is 4.93. The van der Waals surface area contributed by atoms with E-state index in [0.717, 1.165) is 3.97 Å². The number of hydrogen-bond donors (Lipinski definition) is 0. The predicted molar refractivity (Wildman–Crippen MR) is 90.6 cm³/mol. The van der Waals surface area contributed by atoms with E-state index >= 15 is 0 Å². The van der Waals surface area contributed by atoms with Crippen LogP contribution in [0.1, 0.15) is 0 Å². The summed E-state index contributed by atoms with van der Waals surface area (Å²) in [7, 11) is -1.57. The van der Waals surface area contributed by atoms with E-state index in [1.54, 1.807) is 30.3 Å². The smallest absolute Gasteiger partial charge is 0.277 e. The third-order valence-corrected chi connectivity index (χ3v) is 6.60. The van der Waals surface area contributed by atoms with Gasteiger partial charge < -0.3 is 4.74 Å². The molecule has 0 aliphatic carbocycles. The van der Waals surface area contributed by atoms with Crippen LogP contribution in [0.4, 0.5) is 0 Å². The Bertz CT molecular complexity index is 1120. The first-order chi connectivity index (χ1) is 11.2. The van der Waals surface area contributed by atoms with Crippen LogP contribution in [0, 0.1) is 0 Å². The van der Waals surface area contributed by atoms with Gasteiger partial charge in [0.15, 0.2) is 5.03 Å². The number of benzene rings is 2. The summed E-state index contributed by atoms with van der Waals surface area (Å²) in [6, 6.07) is 13.4. The van der Waals surface area contributed by atoms with Crippen LogP contribution in [0.5, 0.6) is 5.75 Å². The van der Waals surface area contributed by atoms with E-state index in [-0.39, 0.29) is 10.4 Å². The Labute approximate surface area is 143 Å². The predicted octanol–water partition coefficient (Wildman–Crippen LogP) is 2.81. The quantitative estimate of drug-likeness (QED) is 0.645. The number of fused-ring (bicyclic) bond motifs is 1. The van der Waals surface area contributed by atoms with E-state index in [4.69, 9.17) is 15.4 Å². The molecule has 0 aliphatic rings. The van der Waals surface area contributed by atoms with Crippen molar-refractivity contribution in [3.8, 4) is 5.75 Å². The minimum Gasteiger partial charge on any atom is -0.497 e. The molecule has 3 rings (SSSR count). The summed E-state index contributed by atoms with van der Waals surface area (Å²) in [6.45, 7) is 0. The largest absolute Gasteiger partial charge is 0.497 e. The Morgan fingerprint density at radius 1 is 0.958 bits per heavy atom. The lowest BCUT2D eigenvalue weighted by Gasteiger charge is -2.10. The van der Waals surface area contributed by atoms with Crippen LogP contribution < -0.4 is 4.74 Å². The average molecular weight is 386 g/mol. The molecule has 0 amide bonds. The number of rotatable bonds is 4. The Morgan fingerprint density at radius 2 is 1.62 bits per heavy atom. The molecule has 24 heavy (non-hydrogen) atoms. The van der Waals surface area contributed by atoms with Gasteiger partial charge >= 0.3 is 0 Å². The fraction of sp³-hybridized carbons (Fsp3) is 0.0667. The molecule has 0 saturated carbocycles. The van der Waals surface area contributed by atoms with Gasteiger partial charge in [-0.3, -0.25) is 0 Å². The highest BCUT2D eigenvalue weighted by Crippen LogP contribution is 2.32. The third kappa shape index (κ3) is 2.77. The first-order valence-corrected chi connectivity index (χ1v) is 10.4. The highest BCUT2D eigenvalue weighted by Gasteiger charge is 2.28. The molecular formula is C15H12ClNO5S2. The average Bonchev–Trinajstić information content (AvgIpc) is 2.95. The fourth-order valence-electron chi connectivity index (χ4n) is 2.37. The molecule has 9 heteroatoms. The van der Waals surface area contributed by atoms with Crippen LogP contribution in [0.15, 0.2) is 64.5 Å². The summed E-state index contributed by atoms with van der Waals surface area (Å²) in [4.78, 5) is -0.0492. The maximum atomic E-state index is 13.0. The van der Waals surface area contributed by atoms with E-state index in [1.165, 1.54) is 31.4 Å². The van der Waals surface area contributed by atoms with Gasteiger partial charge in [-0.15, -0.1) is 0 Å². The third-order valence-electron chi connectivity index (χ3n) is 3.47. The Hall–Kier alpha value is -2.03. The number of nitrogens with zero attached hydrogens (tertiary/aromatic N) is 1. The van der Waals surface area contributed by atoms with Crippen molar-refractivity contribution in [2.45, 2.75) is 9.92 Å². The lowest BCUT2D eigenvalue weighted by molar-refractivity contribution is 0.415. The molecule has 6 nitrogen and oxygen atoms in total. The van der Waals surface area contributed by atoms with Gasteiger partial charge in [0.25, 0.3) is 19.1 Å². The van der Waals surface area contributed by atoms with Crippen molar-refractivity contribution < 1.29 is 21.6 Å². The van der Waals surface area contributed by atoms with Crippen LogP contribution >= 0.6 is 10.7 Å². The summed E-state index contributed by atoms with van der Waals surface area (Å²) in [6.07, 6.45) is 0. The first kappa shape index (κ1) is 16.8. The van der Waals surface area contributed by atoms with Gasteiger partial charge in [0, 0.05) is 22.1 Å². The molecule has 1 aromatic heterocycles. The molecule has 0 saturated heterocycles. The first-order valence-electron chi connectivity index (χ1n) is 6.70. The van der Waals surface area contributed by atoms with Crippen molar-refractivity contribution in [3.05, 3.63) is 54.6 Å². The van der Waals surface area contributed by atoms with Crippen molar-refractivity contribution >= 4 is 40.7 Å². The van der Waals surface area contributed by atoms with Crippen LogP contribution in [0.25, 0.3) is 10.9 Å². The summed E-state index contributed by atoms with van der Waals surface area (Å²) in [5, 5.41) is -0.106. The summed E-state index contributed by atoms with van der Waals surface area (Å²) >= 11 is 0. The highest BCUT2D eigenvalue weighted by atomic mass is 35.7. The van der Waals surface area contributed by atoms with Gasteiger partial charge in [0.05, 0.1) is 17.5 Å². The van der Waals surface area contributed by atoms with Crippen molar-refractivity contribution in [2.75, 3.05) is 7.11 Å². The molecule has 0 unspecified atom stereocenters. The topological polar surface area (TPSA) is 82.4 Å². The van der Waals surface area contributed by atoms with E-state index in [2.05, 4.69) is 0 Å². The Balaban J connectivity index is 2.45. The normalized spacial score (nSPS) is 12.4. The zero-order chi connectivity index (χ0) is 17.5. The molecule has 1 heterocycles. The Kier molecular flexibility index (Phi) is 4.06. The van der Waals surface area contributed by atoms with Gasteiger partial charge in [-0.2, -0.15) is 0 Å². The molecule has 0 fully saturated rings. The summed E-state index contributed by atoms with van der Waals surface area (Å²) in [5.41, 5.74) is 0.164. The standard InChI is InChI=1S/C15H12ClNO5S2/c1-22-12-8-7-11-9-15(23(16,18)19)17(14(11)10-12)24(20,21)13-5-3-2-4-6-13/h2-10H,1H3. The van der Waals surface area contributed by atoms with Crippen molar-refractivity contribution in [2.24, 2.45) is 0 Å². The van der Waals surface area contributed by atoms with Crippen LogP contribution in [0.3, 0.4) is 0 Å². The molecule has 3 aromatic rings. The minimum absolute atomic E-state index is 0.0492. The minimum atomic E-state index is -4.29. The molecule has 2 aromatic carbocycles.